The average molecular weight is 316 g/mol. The quantitative estimate of drug-likeness (QED) is 0.689. The number of halogens is 1. The van der Waals surface area contributed by atoms with Gasteiger partial charge in [-0.2, -0.15) is 0 Å². The van der Waals surface area contributed by atoms with Crippen molar-refractivity contribution in [2.45, 2.75) is 45.1 Å². The zero-order valence-electron chi connectivity index (χ0n) is 12.9. The fraction of sp³-hybridized carbons (Fsp3) is 0.600. The Kier molecular flexibility index (Phi) is 7.28. The SMILES string of the molecule is CCCNCc1ccc(F)cc1S(=O)(=O)NCCC(C)C. The second-order valence-electron chi connectivity index (χ2n) is 5.51. The zero-order valence-corrected chi connectivity index (χ0v) is 13.8. The van der Waals surface area contributed by atoms with Gasteiger partial charge >= 0.3 is 0 Å². The van der Waals surface area contributed by atoms with E-state index in [1.165, 1.54) is 12.1 Å². The summed E-state index contributed by atoms with van der Waals surface area (Å²) in [7, 11) is -3.68. The van der Waals surface area contributed by atoms with Gasteiger partial charge in [0.2, 0.25) is 10.0 Å². The van der Waals surface area contributed by atoms with Gasteiger partial charge in [-0.15, -0.1) is 0 Å². The van der Waals surface area contributed by atoms with E-state index < -0.39 is 15.8 Å². The third-order valence-corrected chi connectivity index (χ3v) is 4.62. The van der Waals surface area contributed by atoms with Gasteiger partial charge in [-0.25, -0.2) is 17.5 Å². The first-order chi connectivity index (χ1) is 9.86. The monoisotopic (exact) mass is 316 g/mol. The van der Waals surface area contributed by atoms with Crippen LogP contribution in [0.2, 0.25) is 0 Å². The summed E-state index contributed by atoms with van der Waals surface area (Å²) < 4.78 is 40.6. The van der Waals surface area contributed by atoms with Crippen LogP contribution in [0.5, 0.6) is 0 Å². The molecule has 2 N–H and O–H groups in total. The molecule has 0 fully saturated rings. The van der Waals surface area contributed by atoms with Crippen molar-refractivity contribution < 1.29 is 12.8 Å². The second-order valence-corrected chi connectivity index (χ2v) is 7.24. The molecule has 0 radical (unpaired) electrons. The smallest absolute Gasteiger partial charge is 0.240 e. The molecule has 0 atom stereocenters. The van der Waals surface area contributed by atoms with E-state index in [0.717, 1.165) is 25.5 Å². The molecule has 0 amide bonds. The normalized spacial score (nSPS) is 12.0. The first kappa shape index (κ1) is 18.1. The van der Waals surface area contributed by atoms with Crippen LogP contribution in [0.25, 0.3) is 0 Å². The first-order valence-corrected chi connectivity index (χ1v) is 8.84. The van der Waals surface area contributed by atoms with E-state index in [-0.39, 0.29) is 4.90 Å². The maximum Gasteiger partial charge on any atom is 0.240 e. The Balaban J connectivity index is 2.89. The van der Waals surface area contributed by atoms with Gasteiger partial charge in [-0.1, -0.05) is 26.8 Å². The van der Waals surface area contributed by atoms with Gasteiger partial charge in [-0.3, -0.25) is 0 Å². The highest BCUT2D eigenvalue weighted by molar-refractivity contribution is 7.89. The minimum absolute atomic E-state index is 0.0230. The number of sulfonamides is 1. The lowest BCUT2D eigenvalue weighted by atomic mass is 10.1. The van der Waals surface area contributed by atoms with Crippen LogP contribution in [-0.2, 0) is 16.6 Å². The molecule has 120 valence electrons. The molecule has 0 spiro atoms. The van der Waals surface area contributed by atoms with Crippen LogP contribution < -0.4 is 10.0 Å². The molecule has 4 nitrogen and oxygen atoms in total. The summed E-state index contributed by atoms with van der Waals surface area (Å²) in [6.07, 6.45) is 1.70. The minimum Gasteiger partial charge on any atom is -0.313 e. The molecule has 0 saturated carbocycles. The Morgan fingerprint density at radius 2 is 1.95 bits per heavy atom. The molecule has 0 aliphatic rings. The van der Waals surface area contributed by atoms with E-state index in [0.29, 0.717) is 24.6 Å². The minimum atomic E-state index is -3.68. The van der Waals surface area contributed by atoms with Gasteiger partial charge in [0.25, 0.3) is 0 Å². The summed E-state index contributed by atoms with van der Waals surface area (Å²) in [4.78, 5) is 0.0230. The Bertz CT molecular complexity index is 545. The topological polar surface area (TPSA) is 58.2 Å². The van der Waals surface area contributed by atoms with E-state index in [9.17, 15) is 12.8 Å². The van der Waals surface area contributed by atoms with Gasteiger partial charge in [-0.05, 0) is 43.0 Å². The average Bonchev–Trinajstić information content (AvgIpc) is 2.40. The number of benzene rings is 1. The molecule has 1 rings (SSSR count). The van der Waals surface area contributed by atoms with Crippen molar-refractivity contribution in [2.24, 2.45) is 5.92 Å². The first-order valence-electron chi connectivity index (χ1n) is 7.35. The van der Waals surface area contributed by atoms with Crippen molar-refractivity contribution in [3.8, 4) is 0 Å². The molecule has 0 saturated heterocycles. The number of hydrogen-bond donors (Lipinski definition) is 2. The standard InChI is InChI=1S/C15H25FN2O2S/c1-4-8-17-11-13-5-6-14(16)10-15(13)21(19,20)18-9-7-12(2)3/h5-6,10,12,17-18H,4,7-9,11H2,1-3H3. The molecular formula is C15H25FN2O2S. The molecule has 0 bridgehead atoms. The molecular weight excluding hydrogens is 291 g/mol. The van der Waals surface area contributed by atoms with E-state index in [1.54, 1.807) is 0 Å². The molecule has 1 aromatic carbocycles. The Morgan fingerprint density at radius 1 is 1.24 bits per heavy atom. The lowest BCUT2D eigenvalue weighted by Crippen LogP contribution is -2.27. The molecule has 0 heterocycles. The fourth-order valence-electron chi connectivity index (χ4n) is 1.88. The molecule has 6 heteroatoms. The molecule has 21 heavy (non-hydrogen) atoms. The Labute approximate surface area is 127 Å². The highest BCUT2D eigenvalue weighted by Gasteiger charge is 2.19. The van der Waals surface area contributed by atoms with Crippen LogP contribution in [0.1, 0.15) is 39.2 Å². The predicted molar refractivity (Wildman–Crippen MR) is 83.0 cm³/mol. The molecule has 1 aromatic rings. The van der Waals surface area contributed by atoms with Gasteiger partial charge in [0.15, 0.2) is 0 Å². The Hall–Kier alpha value is -0.980. The highest BCUT2D eigenvalue weighted by atomic mass is 32.2. The number of hydrogen-bond acceptors (Lipinski definition) is 3. The summed E-state index contributed by atoms with van der Waals surface area (Å²) in [6, 6.07) is 3.89. The molecule has 0 aromatic heterocycles. The van der Waals surface area contributed by atoms with Crippen molar-refractivity contribution in [2.75, 3.05) is 13.1 Å². The lowest BCUT2D eigenvalue weighted by Gasteiger charge is -2.13. The summed E-state index contributed by atoms with van der Waals surface area (Å²) in [5, 5.41) is 3.14. The van der Waals surface area contributed by atoms with Crippen LogP contribution >= 0.6 is 0 Å². The maximum absolute atomic E-state index is 13.4. The van der Waals surface area contributed by atoms with Crippen molar-refractivity contribution in [3.05, 3.63) is 29.6 Å². The van der Waals surface area contributed by atoms with Crippen molar-refractivity contribution in [1.29, 1.82) is 0 Å². The summed E-state index contributed by atoms with van der Waals surface area (Å²) >= 11 is 0. The third kappa shape index (κ3) is 6.11. The fourth-order valence-corrected chi connectivity index (χ4v) is 3.18. The summed E-state index contributed by atoms with van der Waals surface area (Å²) in [6.45, 7) is 7.64. The van der Waals surface area contributed by atoms with Gasteiger partial charge < -0.3 is 5.32 Å². The summed E-state index contributed by atoms with van der Waals surface area (Å²) in [5.41, 5.74) is 0.585. The molecule has 0 aliphatic carbocycles. The number of rotatable bonds is 9. The van der Waals surface area contributed by atoms with Gasteiger partial charge in [0.1, 0.15) is 5.82 Å². The van der Waals surface area contributed by atoms with E-state index in [2.05, 4.69) is 10.0 Å². The Morgan fingerprint density at radius 3 is 2.57 bits per heavy atom. The maximum atomic E-state index is 13.4. The number of nitrogens with one attached hydrogen (secondary N) is 2. The van der Waals surface area contributed by atoms with Crippen LogP contribution in [0, 0.1) is 11.7 Å². The second kappa shape index (κ2) is 8.46. The van der Waals surface area contributed by atoms with Crippen LogP contribution in [0.3, 0.4) is 0 Å². The predicted octanol–water partition coefficient (Wildman–Crippen LogP) is 2.65. The zero-order chi connectivity index (χ0) is 15.9. The van der Waals surface area contributed by atoms with Gasteiger partial charge in [0.05, 0.1) is 4.90 Å². The third-order valence-electron chi connectivity index (χ3n) is 3.07. The molecule has 0 aliphatic heterocycles. The summed E-state index contributed by atoms with van der Waals surface area (Å²) in [5.74, 6) is -0.135. The molecule has 0 unspecified atom stereocenters. The largest absolute Gasteiger partial charge is 0.313 e. The lowest BCUT2D eigenvalue weighted by molar-refractivity contribution is 0.548. The van der Waals surface area contributed by atoms with Crippen LogP contribution in [0.4, 0.5) is 4.39 Å². The van der Waals surface area contributed by atoms with Crippen molar-refractivity contribution in [1.82, 2.24) is 10.0 Å². The van der Waals surface area contributed by atoms with E-state index >= 15 is 0 Å². The van der Waals surface area contributed by atoms with Gasteiger partial charge in [0, 0.05) is 13.1 Å². The van der Waals surface area contributed by atoms with Crippen LogP contribution in [-0.4, -0.2) is 21.5 Å². The van der Waals surface area contributed by atoms with Crippen molar-refractivity contribution >= 4 is 10.0 Å². The van der Waals surface area contributed by atoms with E-state index in [4.69, 9.17) is 0 Å². The van der Waals surface area contributed by atoms with Crippen molar-refractivity contribution in [3.63, 3.8) is 0 Å². The highest BCUT2D eigenvalue weighted by Crippen LogP contribution is 2.17. The van der Waals surface area contributed by atoms with Crippen LogP contribution in [0.15, 0.2) is 23.1 Å². The van der Waals surface area contributed by atoms with E-state index in [1.807, 2.05) is 20.8 Å².